The summed E-state index contributed by atoms with van der Waals surface area (Å²) >= 11 is 12.2. The summed E-state index contributed by atoms with van der Waals surface area (Å²) < 4.78 is 0. The molecule has 0 saturated carbocycles. The van der Waals surface area contributed by atoms with E-state index < -0.39 is 5.60 Å². The first kappa shape index (κ1) is 14.4. The van der Waals surface area contributed by atoms with Gasteiger partial charge in [0.15, 0.2) is 0 Å². The van der Waals surface area contributed by atoms with E-state index >= 15 is 0 Å². The molecule has 0 saturated heterocycles. The van der Waals surface area contributed by atoms with Gasteiger partial charge in [0, 0.05) is 15.6 Å². The summed E-state index contributed by atoms with van der Waals surface area (Å²) in [6.07, 6.45) is 0. The van der Waals surface area contributed by atoms with Crippen molar-refractivity contribution in [3.8, 4) is 0 Å². The second kappa shape index (κ2) is 5.16. The Hall–Kier alpha value is -1.02. The summed E-state index contributed by atoms with van der Waals surface area (Å²) in [6.45, 7) is 5.79. The van der Waals surface area contributed by atoms with E-state index in [0.717, 1.165) is 11.1 Å². The Labute approximate surface area is 123 Å². The number of benzene rings is 2. The lowest BCUT2D eigenvalue weighted by Gasteiger charge is -2.26. The van der Waals surface area contributed by atoms with Gasteiger partial charge in [0.2, 0.25) is 0 Å². The van der Waals surface area contributed by atoms with Gasteiger partial charge in [0.25, 0.3) is 0 Å². The molecule has 0 heterocycles. The maximum absolute atomic E-state index is 10.8. The van der Waals surface area contributed by atoms with Crippen molar-refractivity contribution in [2.75, 3.05) is 0 Å². The lowest BCUT2D eigenvalue weighted by Crippen LogP contribution is -2.23. The van der Waals surface area contributed by atoms with Gasteiger partial charge in [-0.1, -0.05) is 41.4 Å². The second-order valence-corrected chi connectivity index (χ2v) is 5.84. The van der Waals surface area contributed by atoms with Gasteiger partial charge >= 0.3 is 0 Å². The maximum Gasteiger partial charge on any atom is 0.113 e. The monoisotopic (exact) mass is 294 g/mol. The molecule has 0 aliphatic heterocycles. The largest absolute Gasteiger partial charge is 0.381 e. The van der Waals surface area contributed by atoms with Crippen molar-refractivity contribution in [1.29, 1.82) is 0 Å². The zero-order valence-electron chi connectivity index (χ0n) is 11.2. The summed E-state index contributed by atoms with van der Waals surface area (Å²) in [6, 6.07) is 11.0. The van der Waals surface area contributed by atoms with Gasteiger partial charge in [-0.25, -0.2) is 0 Å². The van der Waals surface area contributed by atoms with Gasteiger partial charge in [-0.15, -0.1) is 0 Å². The molecular weight excluding hydrogens is 279 g/mol. The molecule has 1 unspecified atom stereocenters. The number of rotatable bonds is 2. The molecule has 0 amide bonds. The topological polar surface area (TPSA) is 20.2 Å². The lowest BCUT2D eigenvalue weighted by molar-refractivity contribution is 0.102. The zero-order chi connectivity index (χ0) is 14.2. The fourth-order valence-electron chi connectivity index (χ4n) is 2.07. The Balaban J connectivity index is 2.57. The molecule has 0 bridgehead atoms. The van der Waals surface area contributed by atoms with E-state index in [2.05, 4.69) is 0 Å². The number of aryl methyl sites for hydroxylation is 2. The SMILES string of the molecule is Cc1ccc(C(C)(O)c2cc(Cl)ccc2Cl)cc1C. The van der Waals surface area contributed by atoms with Gasteiger partial charge < -0.3 is 5.11 Å². The molecule has 0 radical (unpaired) electrons. The highest BCUT2D eigenvalue weighted by molar-refractivity contribution is 6.33. The minimum Gasteiger partial charge on any atom is -0.381 e. The van der Waals surface area contributed by atoms with Gasteiger partial charge in [-0.3, -0.25) is 0 Å². The van der Waals surface area contributed by atoms with Crippen LogP contribution in [0.4, 0.5) is 0 Å². The molecule has 0 aliphatic carbocycles. The van der Waals surface area contributed by atoms with Crippen molar-refractivity contribution in [2.24, 2.45) is 0 Å². The molecule has 0 aromatic heterocycles. The summed E-state index contributed by atoms with van der Waals surface area (Å²) in [4.78, 5) is 0. The van der Waals surface area contributed by atoms with Crippen molar-refractivity contribution >= 4 is 23.2 Å². The Kier molecular flexibility index (Phi) is 3.91. The molecule has 19 heavy (non-hydrogen) atoms. The van der Waals surface area contributed by atoms with E-state index in [1.165, 1.54) is 5.56 Å². The van der Waals surface area contributed by atoms with Crippen LogP contribution in [-0.4, -0.2) is 5.11 Å². The highest BCUT2D eigenvalue weighted by atomic mass is 35.5. The predicted molar refractivity (Wildman–Crippen MR) is 81.1 cm³/mol. The van der Waals surface area contributed by atoms with Crippen LogP contribution in [-0.2, 0) is 5.60 Å². The highest BCUT2D eigenvalue weighted by Gasteiger charge is 2.28. The van der Waals surface area contributed by atoms with Gasteiger partial charge in [-0.2, -0.15) is 0 Å². The van der Waals surface area contributed by atoms with Crippen LogP contribution < -0.4 is 0 Å². The van der Waals surface area contributed by atoms with Gasteiger partial charge in [0.05, 0.1) is 0 Å². The van der Waals surface area contributed by atoms with Gasteiger partial charge in [-0.05, 0) is 55.7 Å². The van der Waals surface area contributed by atoms with Crippen LogP contribution in [0.5, 0.6) is 0 Å². The van der Waals surface area contributed by atoms with Crippen LogP contribution in [0.1, 0.15) is 29.2 Å². The lowest BCUT2D eigenvalue weighted by atomic mass is 9.86. The third-order valence-corrected chi connectivity index (χ3v) is 4.09. The van der Waals surface area contributed by atoms with E-state index in [1.807, 2.05) is 32.0 Å². The molecule has 1 N–H and O–H groups in total. The smallest absolute Gasteiger partial charge is 0.113 e. The quantitative estimate of drug-likeness (QED) is 0.838. The molecule has 2 aromatic rings. The third-order valence-electron chi connectivity index (χ3n) is 3.52. The minimum absolute atomic E-state index is 0.507. The van der Waals surface area contributed by atoms with Crippen LogP contribution in [0.3, 0.4) is 0 Å². The number of halogens is 2. The van der Waals surface area contributed by atoms with Crippen LogP contribution in [0, 0.1) is 13.8 Å². The van der Waals surface area contributed by atoms with Crippen LogP contribution in [0.15, 0.2) is 36.4 Å². The fraction of sp³-hybridized carbons (Fsp3) is 0.250. The van der Waals surface area contributed by atoms with Crippen molar-refractivity contribution in [1.82, 2.24) is 0 Å². The summed E-state index contributed by atoms with van der Waals surface area (Å²) in [7, 11) is 0. The summed E-state index contributed by atoms with van der Waals surface area (Å²) in [5.41, 5.74) is 2.58. The standard InChI is InChI=1S/C16H16Cl2O/c1-10-4-5-12(8-11(10)2)16(3,19)14-9-13(17)6-7-15(14)18/h4-9,19H,1-3H3. The Morgan fingerprint density at radius 2 is 1.63 bits per heavy atom. The summed E-state index contributed by atoms with van der Waals surface area (Å²) in [5.74, 6) is 0. The first-order chi connectivity index (χ1) is 8.82. The fourth-order valence-corrected chi connectivity index (χ4v) is 2.54. The third kappa shape index (κ3) is 2.79. The molecule has 2 rings (SSSR count). The highest BCUT2D eigenvalue weighted by Crippen LogP contribution is 2.36. The molecule has 100 valence electrons. The van der Waals surface area contributed by atoms with E-state index in [4.69, 9.17) is 23.2 Å². The molecular formula is C16H16Cl2O. The number of hydrogen-bond acceptors (Lipinski definition) is 1. The maximum atomic E-state index is 10.8. The Bertz CT molecular complexity index is 618. The molecule has 0 aliphatic rings. The van der Waals surface area contributed by atoms with E-state index in [0.29, 0.717) is 15.6 Å². The molecule has 3 heteroatoms. The van der Waals surface area contributed by atoms with Crippen molar-refractivity contribution in [3.63, 3.8) is 0 Å². The molecule has 1 atom stereocenters. The molecule has 1 nitrogen and oxygen atoms in total. The average Bonchev–Trinajstić information content (AvgIpc) is 2.35. The molecule has 0 spiro atoms. The van der Waals surface area contributed by atoms with Gasteiger partial charge in [0.1, 0.15) is 5.60 Å². The van der Waals surface area contributed by atoms with E-state index in [-0.39, 0.29) is 0 Å². The van der Waals surface area contributed by atoms with Crippen molar-refractivity contribution in [2.45, 2.75) is 26.4 Å². The van der Waals surface area contributed by atoms with Crippen molar-refractivity contribution in [3.05, 3.63) is 68.7 Å². The van der Waals surface area contributed by atoms with Crippen LogP contribution in [0.2, 0.25) is 10.0 Å². The summed E-state index contributed by atoms with van der Waals surface area (Å²) in [5, 5.41) is 11.9. The van der Waals surface area contributed by atoms with Crippen molar-refractivity contribution < 1.29 is 5.11 Å². The molecule has 2 aromatic carbocycles. The average molecular weight is 295 g/mol. The Morgan fingerprint density at radius 3 is 2.26 bits per heavy atom. The first-order valence-corrected chi connectivity index (χ1v) is 6.83. The predicted octanol–water partition coefficient (Wildman–Crippen LogP) is 4.87. The minimum atomic E-state index is -1.17. The molecule has 0 fully saturated rings. The first-order valence-electron chi connectivity index (χ1n) is 6.08. The normalized spacial score (nSPS) is 14.2. The second-order valence-electron chi connectivity index (χ2n) is 5.00. The van der Waals surface area contributed by atoms with Crippen LogP contribution >= 0.6 is 23.2 Å². The van der Waals surface area contributed by atoms with Crippen LogP contribution in [0.25, 0.3) is 0 Å². The Morgan fingerprint density at radius 1 is 0.947 bits per heavy atom. The van der Waals surface area contributed by atoms with E-state index in [9.17, 15) is 5.11 Å². The number of hydrogen-bond donors (Lipinski definition) is 1. The zero-order valence-corrected chi connectivity index (χ0v) is 12.7. The number of aliphatic hydroxyl groups is 1. The van der Waals surface area contributed by atoms with E-state index in [1.54, 1.807) is 25.1 Å².